The summed E-state index contributed by atoms with van der Waals surface area (Å²) in [6, 6.07) is 3.30. The van der Waals surface area contributed by atoms with E-state index in [0.29, 0.717) is 11.4 Å². The Balaban J connectivity index is 2.61. The highest BCUT2D eigenvalue weighted by Gasteiger charge is 2.11. The van der Waals surface area contributed by atoms with Gasteiger partial charge in [-0.25, -0.2) is 4.39 Å². The minimum Gasteiger partial charge on any atom is -0.383 e. The Morgan fingerprint density at radius 2 is 2.12 bits per heavy atom. The Hall–Kier alpha value is -1.36. The molecule has 3 nitrogen and oxygen atoms in total. The molecule has 0 aliphatic heterocycles. The third-order valence-corrected chi connectivity index (χ3v) is 3.40. The van der Waals surface area contributed by atoms with E-state index in [4.69, 9.17) is 5.73 Å². The Labute approximate surface area is 101 Å². The first-order valence-corrected chi connectivity index (χ1v) is 5.53. The van der Waals surface area contributed by atoms with Crippen LogP contribution in [0, 0.1) is 12.7 Å². The van der Waals surface area contributed by atoms with E-state index >= 15 is 0 Å². The second-order valence-corrected chi connectivity index (χ2v) is 4.49. The molecule has 0 amide bonds. The SMILES string of the molecule is Cc1c(F)cc(-c2cnn(C)c2N)cc1Br. The molecule has 0 unspecified atom stereocenters. The predicted molar refractivity (Wildman–Crippen MR) is 65.5 cm³/mol. The van der Waals surface area contributed by atoms with Crippen molar-refractivity contribution < 1.29 is 4.39 Å². The molecule has 84 valence electrons. The molecule has 2 aromatic rings. The number of hydrogen-bond donors (Lipinski definition) is 1. The molecule has 0 saturated carbocycles. The van der Waals surface area contributed by atoms with Gasteiger partial charge in [0.1, 0.15) is 11.6 Å². The van der Waals surface area contributed by atoms with Crippen molar-refractivity contribution >= 4 is 21.7 Å². The largest absolute Gasteiger partial charge is 0.383 e. The van der Waals surface area contributed by atoms with Gasteiger partial charge < -0.3 is 5.73 Å². The van der Waals surface area contributed by atoms with E-state index in [1.807, 2.05) is 6.07 Å². The van der Waals surface area contributed by atoms with E-state index in [-0.39, 0.29) is 5.82 Å². The average molecular weight is 284 g/mol. The third-order valence-electron chi connectivity index (χ3n) is 2.58. The standard InChI is InChI=1S/C11H11BrFN3/c1-6-9(12)3-7(4-10(6)13)8-5-15-16(2)11(8)14/h3-5H,14H2,1-2H3. The van der Waals surface area contributed by atoms with E-state index in [0.717, 1.165) is 15.6 Å². The highest BCUT2D eigenvalue weighted by atomic mass is 79.9. The molecular formula is C11H11BrFN3. The van der Waals surface area contributed by atoms with Crippen LogP contribution >= 0.6 is 15.9 Å². The highest BCUT2D eigenvalue weighted by Crippen LogP contribution is 2.30. The first kappa shape index (κ1) is 11.1. The predicted octanol–water partition coefficient (Wildman–Crippen LogP) is 2.88. The summed E-state index contributed by atoms with van der Waals surface area (Å²) < 4.78 is 15.9. The molecule has 5 heteroatoms. The number of hydrogen-bond acceptors (Lipinski definition) is 2. The van der Waals surface area contributed by atoms with Crippen molar-refractivity contribution in [1.29, 1.82) is 0 Å². The lowest BCUT2D eigenvalue weighted by molar-refractivity contribution is 0.618. The van der Waals surface area contributed by atoms with Crippen molar-refractivity contribution in [3.8, 4) is 11.1 Å². The summed E-state index contributed by atoms with van der Waals surface area (Å²) >= 11 is 3.32. The summed E-state index contributed by atoms with van der Waals surface area (Å²) in [7, 11) is 1.75. The van der Waals surface area contributed by atoms with Crippen LogP contribution in [0.4, 0.5) is 10.2 Å². The molecule has 0 saturated heterocycles. The number of halogens is 2. The number of anilines is 1. The number of nitrogens with two attached hydrogens (primary N) is 1. The van der Waals surface area contributed by atoms with Gasteiger partial charge in [0, 0.05) is 17.1 Å². The lowest BCUT2D eigenvalue weighted by atomic mass is 10.1. The van der Waals surface area contributed by atoms with Gasteiger partial charge in [0.2, 0.25) is 0 Å². The second-order valence-electron chi connectivity index (χ2n) is 3.63. The van der Waals surface area contributed by atoms with Gasteiger partial charge in [0.05, 0.1) is 6.20 Å². The maximum absolute atomic E-state index is 13.6. The fourth-order valence-corrected chi connectivity index (χ4v) is 1.91. The normalized spacial score (nSPS) is 10.8. The summed E-state index contributed by atoms with van der Waals surface area (Å²) in [4.78, 5) is 0. The van der Waals surface area contributed by atoms with Gasteiger partial charge in [-0.15, -0.1) is 0 Å². The lowest BCUT2D eigenvalue weighted by Crippen LogP contribution is -1.98. The molecule has 2 rings (SSSR count). The molecule has 16 heavy (non-hydrogen) atoms. The Morgan fingerprint density at radius 1 is 1.44 bits per heavy atom. The van der Waals surface area contributed by atoms with Crippen LogP contribution in [-0.2, 0) is 7.05 Å². The molecule has 0 aliphatic rings. The fourth-order valence-electron chi connectivity index (χ4n) is 1.47. The fraction of sp³-hybridized carbons (Fsp3) is 0.182. The summed E-state index contributed by atoms with van der Waals surface area (Å²) in [6.45, 7) is 1.72. The van der Waals surface area contributed by atoms with Gasteiger partial charge >= 0.3 is 0 Å². The van der Waals surface area contributed by atoms with E-state index in [1.165, 1.54) is 6.07 Å². The summed E-state index contributed by atoms with van der Waals surface area (Å²) in [5.41, 5.74) is 7.89. The van der Waals surface area contributed by atoms with E-state index in [2.05, 4.69) is 21.0 Å². The van der Waals surface area contributed by atoms with Gasteiger partial charge in [-0.05, 0) is 30.2 Å². The molecule has 0 fully saturated rings. The number of rotatable bonds is 1. The van der Waals surface area contributed by atoms with Crippen LogP contribution < -0.4 is 5.73 Å². The van der Waals surface area contributed by atoms with Crippen LogP contribution in [0.1, 0.15) is 5.56 Å². The smallest absolute Gasteiger partial charge is 0.129 e. The number of aryl methyl sites for hydroxylation is 1. The molecule has 0 atom stereocenters. The molecule has 0 spiro atoms. The molecule has 0 aliphatic carbocycles. The molecule has 1 aromatic heterocycles. The van der Waals surface area contributed by atoms with E-state index in [1.54, 1.807) is 24.9 Å². The summed E-state index contributed by atoms with van der Waals surface area (Å²) in [5, 5.41) is 4.03. The highest BCUT2D eigenvalue weighted by molar-refractivity contribution is 9.10. The van der Waals surface area contributed by atoms with Gasteiger partial charge in [-0.2, -0.15) is 5.10 Å². The number of nitrogen functional groups attached to an aromatic ring is 1. The topological polar surface area (TPSA) is 43.8 Å². The van der Waals surface area contributed by atoms with Crippen LogP contribution in [0.2, 0.25) is 0 Å². The maximum Gasteiger partial charge on any atom is 0.129 e. The monoisotopic (exact) mass is 283 g/mol. The molecule has 2 N–H and O–H groups in total. The second kappa shape index (κ2) is 3.90. The molecule has 1 heterocycles. The average Bonchev–Trinajstić information content (AvgIpc) is 2.56. The third kappa shape index (κ3) is 1.71. The van der Waals surface area contributed by atoms with Crippen molar-refractivity contribution in [3.63, 3.8) is 0 Å². The first-order valence-electron chi connectivity index (χ1n) is 4.74. The van der Waals surface area contributed by atoms with Crippen LogP contribution in [-0.4, -0.2) is 9.78 Å². The zero-order chi connectivity index (χ0) is 11.9. The molecule has 0 bridgehead atoms. The Morgan fingerprint density at radius 3 is 2.62 bits per heavy atom. The summed E-state index contributed by atoms with van der Waals surface area (Å²) in [6.07, 6.45) is 1.63. The quantitative estimate of drug-likeness (QED) is 0.875. The minimum absolute atomic E-state index is 0.257. The molecule has 1 aromatic carbocycles. The Bertz CT molecular complexity index is 525. The Kier molecular flexibility index (Phi) is 2.71. The van der Waals surface area contributed by atoms with Crippen molar-refractivity contribution in [2.24, 2.45) is 7.05 Å². The molecule has 0 radical (unpaired) electrons. The van der Waals surface area contributed by atoms with Crippen molar-refractivity contribution in [2.45, 2.75) is 6.92 Å². The number of benzene rings is 1. The zero-order valence-corrected chi connectivity index (χ0v) is 10.5. The zero-order valence-electron chi connectivity index (χ0n) is 8.96. The van der Waals surface area contributed by atoms with E-state index < -0.39 is 0 Å². The van der Waals surface area contributed by atoms with Gasteiger partial charge in [0.25, 0.3) is 0 Å². The molecular weight excluding hydrogens is 273 g/mol. The van der Waals surface area contributed by atoms with E-state index in [9.17, 15) is 4.39 Å². The van der Waals surface area contributed by atoms with Gasteiger partial charge in [0.15, 0.2) is 0 Å². The van der Waals surface area contributed by atoms with Crippen LogP contribution in [0.25, 0.3) is 11.1 Å². The van der Waals surface area contributed by atoms with Gasteiger partial charge in [-0.1, -0.05) is 15.9 Å². The lowest BCUT2D eigenvalue weighted by Gasteiger charge is -2.05. The first-order chi connectivity index (χ1) is 7.50. The van der Waals surface area contributed by atoms with Crippen molar-refractivity contribution in [3.05, 3.63) is 34.2 Å². The number of nitrogens with zero attached hydrogens (tertiary/aromatic N) is 2. The van der Waals surface area contributed by atoms with Crippen molar-refractivity contribution in [2.75, 3.05) is 5.73 Å². The van der Waals surface area contributed by atoms with Gasteiger partial charge in [-0.3, -0.25) is 4.68 Å². The van der Waals surface area contributed by atoms with Crippen LogP contribution in [0.3, 0.4) is 0 Å². The summed E-state index contributed by atoms with van der Waals surface area (Å²) in [5.74, 6) is 0.266. The van der Waals surface area contributed by atoms with Crippen LogP contribution in [0.15, 0.2) is 22.8 Å². The number of aromatic nitrogens is 2. The van der Waals surface area contributed by atoms with Crippen molar-refractivity contribution in [1.82, 2.24) is 9.78 Å². The maximum atomic E-state index is 13.6. The minimum atomic E-state index is -0.257. The van der Waals surface area contributed by atoms with Crippen LogP contribution in [0.5, 0.6) is 0 Å².